The lowest BCUT2D eigenvalue weighted by Crippen LogP contribution is -2.48. The molecule has 0 aliphatic rings. The highest BCUT2D eigenvalue weighted by Gasteiger charge is 2.35. The van der Waals surface area contributed by atoms with Crippen molar-refractivity contribution < 1.29 is 23.1 Å². The number of rotatable bonds is 10. The summed E-state index contributed by atoms with van der Waals surface area (Å²) in [6, 6.07) is 0. The minimum absolute atomic E-state index is 0.0762. The highest BCUT2D eigenvalue weighted by atomic mass is 28.4. The second kappa shape index (κ2) is 9.49. The van der Waals surface area contributed by atoms with Crippen LogP contribution in [-0.2, 0) is 23.1 Å². The first-order valence-corrected chi connectivity index (χ1v) is 9.91. The van der Waals surface area contributed by atoms with E-state index in [1.165, 1.54) is 0 Å². The molecule has 5 nitrogen and oxygen atoms in total. The van der Waals surface area contributed by atoms with Crippen LogP contribution in [0.15, 0.2) is 0 Å². The van der Waals surface area contributed by atoms with Gasteiger partial charge in [-0.2, -0.15) is 0 Å². The fourth-order valence-electron chi connectivity index (χ4n) is 1.80. The molecule has 0 bridgehead atoms. The molecule has 0 aliphatic carbocycles. The second-order valence-electron chi connectivity index (χ2n) is 5.46. The van der Waals surface area contributed by atoms with Crippen molar-refractivity contribution in [1.29, 1.82) is 0 Å². The van der Waals surface area contributed by atoms with Crippen molar-refractivity contribution in [3.05, 3.63) is 0 Å². The molecule has 0 saturated carbocycles. The Morgan fingerprint density at radius 1 is 1.05 bits per heavy atom. The molecule has 0 heterocycles. The van der Waals surface area contributed by atoms with Crippen molar-refractivity contribution in [2.24, 2.45) is 0 Å². The molecule has 0 aromatic carbocycles. The number of ether oxygens (including phenoxy) is 2. The van der Waals surface area contributed by atoms with Gasteiger partial charge in [-0.3, -0.25) is 4.79 Å². The van der Waals surface area contributed by atoms with E-state index in [-0.39, 0.29) is 18.2 Å². The van der Waals surface area contributed by atoms with E-state index in [9.17, 15) is 4.79 Å². The quantitative estimate of drug-likeness (QED) is 0.352. The Labute approximate surface area is 124 Å². The maximum absolute atomic E-state index is 11.3. The van der Waals surface area contributed by atoms with Crippen LogP contribution < -0.4 is 0 Å². The van der Waals surface area contributed by atoms with Gasteiger partial charge in [0.1, 0.15) is 0 Å². The van der Waals surface area contributed by atoms with Gasteiger partial charge >= 0.3 is 14.5 Å². The monoisotopic (exact) mass is 306 g/mol. The van der Waals surface area contributed by atoms with Crippen LogP contribution in [-0.4, -0.2) is 39.3 Å². The standard InChI is InChI=1S/C14H30O5Si/c1-8-13(15)17-14(9-2)16-10-20(7,18-11(3)4)19-12(5)6/h11-12,14H,8-10H2,1-7H3. The van der Waals surface area contributed by atoms with E-state index in [0.29, 0.717) is 19.1 Å². The number of hydrogen-bond donors (Lipinski definition) is 0. The van der Waals surface area contributed by atoms with Crippen LogP contribution in [0.3, 0.4) is 0 Å². The molecular weight excluding hydrogens is 276 g/mol. The summed E-state index contributed by atoms with van der Waals surface area (Å²) in [5, 5.41) is 0. The normalized spacial score (nSPS) is 13.8. The van der Waals surface area contributed by atoms with Crippen molar-refractivity contribution >= 4 is 14.5 Å². The molecule has 6 heteroatoms. The number of carbonyl (C=O) groups is 1. The first-order chi connectivity index (χ1) is 9.22. The topological polar surface area (TPSA) is 54.0 Å². The molecule has 1 unspecified atom stereocenters. The van der Waals surface area contributed by atoms with Gasteiger partial charge in [0.2, 0.25) is 6.29 Å². The smallest absolute Gasteiger partial charge is 0.362 e. The number of carbonyl (C=O) groups excluding carboxylic acids is 1. The minimum Gasteiger partial charge on any atom is -0.436 e. The Morgan fingerprint density at radius 3 is 1.90 bits per heavy atom. The number of hydrogen-bond acceptors (Lipinski definition) is 5. The second-order valence-corrected chi connectivity index (χ2v) is 8.49. The third-order valence-electron chi connectivity index (χ3n) is 2.39. The van der Waals surface area contributed by atoms with Gasteiger partial charge < -0.3 is 18.3 Å². The fourth-order valence-corrected chi connectivity index (χ4v) is 4.48. The Bertz CT molecular complexity index is 271. The van der Waals surface area contributed by atoms with Crippen LogP contribution in [0.2, 0.25) is 6.55 Å². The van der Waals surface area contributed by atoms with E-state index in [4.69, 9.17) is 18.3 Å². The SMILES string of the molecule is CCC(=O)OC(CC)OC[Si](C)(OC(C)C)OC(C)C. The maximum atomic E-state index is 11.3. The lowest BCUT2D eigenvalue weighted by Gasteiger charge is -2.31. The van der Waals surface area contributed by atoms with Crippen molar-refractivity contribution in [3.8, 4) is 0 Å². The molecule has 1 atom stereocenters. The average Bonchev–Trinajstić information content (AvgIpc) is 2.31. The predicted molar refractivity (Wildman–Crippen MR) is 80.5 cm³/mol. The van der Waals surface area contributed by atoms with Crippen molar-refractivity contribution in [2.45, 2.75) is 79.4 Å². The van der Waals surface area contributed by atoms with Crippen molar-refractivity contribution in [2.75, 3.05) is 6.23 Å². The summed E-state index contributed by atoms with van der Waals surface area (Å²) in [7, 11) is -2.43. The predicted octanol–water partition coefficient (Wildman–Crippen LogP) is 3.15. The third-order valence-corrected chi connectivity index (χ3v) is 5.02. The highest BCUT2D eigenvalue weighted by molar-refractivity contribution is 6.66. The van der Waals surface area contributed by atoms with Gasteiger partial charge in [0, 0.05) is 25.0 Å². The lowest BCUT2D eigenvalue weighted by atomic mass is 10.4. The van der Waals surface area contributed by atoms with Crippen LogP contribution in [0.1, 0.15) is 54.4 Å². The average molecular weight is 306 g/mol. The third kappa shape index (κ3) is 8.68. The molecule has 0 saturated heterocycles. The van der Waals surface area contributed by atoms with Crippen LogP contribution in [0.25, 0.3) is 0 Å². The summed E-state index contributed by atoms with van der Waals surface area (Å²) in [5.41, 5.74) is 0. The molecular formula is C14H30O5Si. The minimum atomic E-state index is -2.43. The van der Waals surface area contributed by atoms with E-state index >= 15 is 0 Å². The van der Waals surface area contributed by atoms with Gasteiger partial charge in [-0.05, 0) is 34.2 Å². The van der Waals surface area contributed by atoms with E-state index in [1.54, 1.807) is 6.92 Å². The Hall–Kier alpha value is -0.433. The molecule has 0 fully saturated rings. The summed E-state index contributed by atoms with van der Waals surface area (Å²) in [4.78, 5) is 11.3. The van der Waals surface area contributed by atoms with E-state index in [2.05, 4.69) is 0 Å². The summed E-state index contributed by atoms with van der Waals surface area (Å²) in [6.07, 6.45) is 0.929. The van der Waals surface area contributed by atoms with Crippen LogP contribution in [0.5, 0.6) is 0 Å². The first-order valence-electron chi connectivity index (χ1n) is 7.39. The summed E-state index contributed by atoms with van der Waals surface area (Å²) >= 11 is 0. The van der Waals surface area contributed by atoms with Gasteiger partial charge in [-0.15, -0.1) is 0 Å². The first kappa shape index (κ1) is 19.6. The summed E-state index contributed by atoms with van der Waals surface area (Å²) in [5.74, 6) is -0.255. The van der Waals surface area contributed by atoms with Crippen molar-refractivity contribution in [3.63, 3.8) is 0 Å². The van der Waals surface area contributed by atoms with Gasteiger partial charge in [0.15, 0.2) is 0 Å². The van der Waals surface area contributed by atoms with E-state index in [0.717, 1.165) is 0 Å². The molecule has 0 amide bonds. The summed E-state index contributed by atoms with van der Waals surface area (Å²) in [6.45, 7) is 13.6. The van der Waals surface area contributed by atoms with Crippen LogP contribution in [0, 0.1) is 0 Å². The summed E-state index contributed by atoms with van der Waals surface area (Å²) < 4.78 is 22.8. The highest BCUT2D eigenvalue weighted by Crippen LogP contribution is 2.16. The van der Waals surface area contributed by atoms with Gasteiger partial charge in [-0.25, -0.2) is 0 Å². The van der Waals surface area contributed by atoms with Gasteiger partial charge in [0.25, 0.3) is 0 Å². The molecule has 0 spiro atoms. The van der Waals surface area contributed by atoms with Crippen LogP contribution in [0.4, 0.5) is 0 Å². The lowest BCUT2D eigenvalue weighted by molar-refractivity contribution is -0.177. The van der Waals surface area contributed by atoms with Gasteiger partial charge in [0.05, 0.1) is 6.23 Å². The van der Waals surface area contributed by atoms with E-state index < -0.39 is 14.9 Å². The molecule has 120 valence electrons. The number of esters is 1. The Morgan fingerprint density at radius 2 is 1.55 bits per heavy atom. The fraction of sp³-hybridized carbons (Fsp3) is 0.929. The maximum Gasteiger partial charge on any atom is 0.362 e. The molecule has 0 rings (SSSR count). The Kier molecular flexibility index (Phi) is 9.29. The van der Waals surface area contributed by atoms with Gasteiger partial charge in [-0.1, -0.05) is 13.8 Å². The van der Waals surface area contributed by atoms with Crippen molar-refractivity contribution in [1.82, 2.24) is 0 Å². The van der Waals surface area contributed by atoms with Crippen LogP contribution >= 0.6 is 0 Å². The molecule has 0 N–H and O–H groups in total. The molecule has 0 radical (unpaired) electrons. The molecule has 20 heavy (non-hydrogen) atoms. The zero-order valence-corrected chi connectivity index (χ0v) is 14.9. The van der Waals surface area contributed by atoms with E-state index in [1.807, 2.05) is 41.2 Å². The molecule has 0 aliphatic heterocycles. The molecule has 0 aromatic rings. The zero-order valence-electron chi connectivity index (χ0n) is 13.9. The zero-order chi connectivity index (χ0) is 15.8. The Balaban J connectivity index is 4.52. The largest absolute Gasteiger partial charge is 0.436 e. The molecule has 0 aromatic heterocycles.